The van der Waals surface area contributed by atoms with Crippen LogP contribution < -0.4 is 5.32 Å². The number of nitrogens with zero attached hydrogens (tertiary/aromatic N) is 1. The fraction of sp³-hybridized carbons (Fsp3) is 0.263. The van der Waals surface area contributed by atoms with E-state index in [1.54, 1.807) is 29.2 Å². The zero-order valence-electron chi connectivity index (χ0n) is 13.5. The second kappa shape index (κ2) is 6.83. The van der Waals surface area contributed by atoms with E-state index in [0.717, 1.165) is 12.0 Å². The summed E-state index contributed by atoms with van der Waals surface area (Å²) in [4.78, 5) is 26.7. The molecule has 1 fully saturated rings. The van der Waals surface area contributed by atoms with Crippen molar-refractivity contribution in [3.8, 4) is 0 Å². The summed E-state index contributed by atoms with van der Waals surface area (Å²) in [6.07, 6.45) is 1.34. The molecule has 0 aliphatic carbocycles. The minimum Gasteiger partial charge on any atom is -0.327 e. The molecule has 0 bridgehead atoms. The lowest BCUT2D eigenvalue weighted by atomic mass is 10.1. The maximum Gasteiger partial charge on any atom is 0.254 e. The first-order chi connectivity index (χ1) is 11.6. The number of carbonyl (C=O) groups excluding carboxylic acids is 2. The van der Waals surface area contributed by atoms with Gasteiger partial charge in [0.25, 0.3) is 5.91 Å². The van der Waals surface area contributed by atoms with E-state index < -0.39 is 11.9 Å². The summed E-state index contributed by atoms with van der Waals surface area (Å²) in [6.45, 7) is 2.48. The molecule has 2 amide bonds. The molecule has 1 N–H and O–H groups in total. The fourth-order valence-electron chi connectivity index (χ4n) is 2.92. The Morgan fingerprint density at radius 1 is 1.12 bits per heavy atom. The molecule has 1 aliphatic heterocycles. The van der Waals surface area contributed by atoms with Crippen LogP contribution in [0.15, 0.2) is 48.5 Å². The summed E-state index contributed by atoms with van der Waals surface area (Å²) in [6, 6.07) is 12.7. The number of benzene rings is 2. The highest BCUT2D eigenvalue weighted by atomic mass is 19.1. The molecule has 2 aromatic rings. The Morgan fingerprint density at radius 3 is 2.54 bits per heavy atom. The van der Waals surface area contributed by atoms with Gasteiger partial charge in [-0.25, -0.2) is 4.39 Å². The van der Waals surface area contributed by atoms with Gasteiger partial charge in [0.1, 0.15) is 11.9 Å². The predicted octanol–water partition coefficient (Wildman–Crippen LogP) is 3.38. The van der Waals surface area contributed by atoms with Crippen LogP contribution in [0.25, 0.3) is 0 Å². The van der Waals surface area contributed by atoms with Crippen LogP contribution in [0, 0.1) is 12.7 Å². The number of amides is 2. The minimum atomic E-state index is -0.571. The van der Waals surface area contributed by atoms with E-state index in [-0.39, 0.29) is 17.5 Å². The van der Waals surface area contributed by atoms with Crippen molar-refractivity contribution < 1.29 is 14.0 Å². The molecule has 3 rings (SSSR count). The molecule has 1 atom stereocenters. The van der Waals surface area contributed by atoms with Gasteiger partial charge in [0.15, 0.2) is 0 Å². The van der Waals surface area contributed by atoms with E-state index in [1.807, 2.05) is 19.1 Å². The number of rotatable bonds is 3. The largest absolute Gasteiger partial charge is 0.327 e. The van der Waals surface area contributed by atoms with Crippen molar-refractivity contribution in [3.63, 3.8) is 0 Å². The lowest BCUT2D eigenvalue weighted by molar-refractivity contribution is -0.119. The normalized spacial score (nSPS) is 16.9. The average molecular weight is 326 g/mol. The Hall–Kier alpha value is -2.69. The number of likely N-dealkylation sites (tertiary alicyclic amines) is 1. The van der Waals surface area contributed by atoms with E-state index in [1.165, 1.54) is 12.1 Å². The molecule has 1 heterocycles. The maximum absolute atomic E-state index is 13.7. The van der Waals surface area contributed by atoms with Gasteiger partial charge in [-0.05, 0) is 44.0 Å². The Labute approximate surface area is 140 Å². The van der Waals surface area contributed by atoms with E-state index in [0.29, 0.717) is 18.5 Å². The van der Waals surface area contributed by atoms with Crippen LogP contribution in [0.4, 0.5) is 10.1 Å². The highest BCUT2D eigenvalue weighted by Crippen LogP contribution is 2.22. The van der Waals surface area contributed by atoms with Crippen molar-refractivity contribution in [1.82, 2.24) is 4.90 Å². The fourth-order valence-corrected chi connectivity index (χ4v) is 2.92. The number of aryl methyl sites for hydroxylation is 1. The van der Waals surface area contributed by atoms with Gasteiger partial charge in [-0.1, -0.05) is 29.8 Å². The van der Waals surface area contributed by atoms with Crippen molar-refractivity contribution in [3.05, 3.63) is 65.5 Å². The van der Waals surface area contributed by atoms with Crippen molar-refractivity contribution in [2.45, 2.75) is 25.8 Å². The van der Waals surface area contributed by atoms with E-state index in [9.17, 15) is 14.0 Å². The number of anilines is 1. The molecule has 0 aromatic heterocycles. The van der Waals surface area contributed by atoms with Gasteiger partial charge in [0.2, 0.25) is 5.91 Å². The molecule has 4 nitrogen and oxygen atoms in total. The zero-order valence-corrected chi connectivity index (χ0v) is 13.5. The van der Waals surface area contributed by atoms with Gasteiger partial charge in [-0.15, -0.1) is 0 Å². The Kier molecular flexibility index (Phi) is 4.60. The molecule has 24 heavy (non-hydrogen) atoms. The first-order valence-corrected chi connectivity index (χ1v) is 7.99. The third-order valence-electron chi connectivity index (χ3n) is 4.25. The number of carbonyl (C=O) groups is 2. The number of hydrogen-bond donors (Lipinski definition) is 1. The van der Waals surface area contributed by atoms with E-state index in [4.69, 9.17) is 0 Å². The number of nitrogens with one attached hydrogen (secondary N) is 1. The Bertz CT molecular complexity index is 758. The van der Waals surface area contributed by atoms with Gasteiger partial charge in [-0.2, -0.15) is 0 Å². The topological polar surface area (TPSA) is 49.4 Å². The first kappa shape index (κ1) is 16.2. The van der Waals surface area contributed by atoms with Crippen molar-refractivity contribution >= 4 is 17.5 Å². The van der Waals surface area contributed by atoms with Crippen LogP contribution in [0.1, 0.15) is 28.8 Å². The summed E-state index contributed by atoms with van der Waals surface area (Å²) in [5.74, 6) is -1.00. The second-order valence-electron chi connectivity index (χ2n) is 5.99. The Balaban J connectivity index is 1.75. The maximum atomic E-state index is 13.7. The highest BCUT2D eigenvalue weighted by molar-refractivity contribution is 6.01. The molecule has 124 valence electrons. The van der Waals surface area contributed by atoms with Crippen LogP contribution in [0.2, 0.25) is 0 Å². The van der Waals surface area contributed by atoms with Gasteiger partial charge >= 0.3 is 0 Å². The minimum absolute atomic E-state index is 0.136. The first-order valence-electron chi connectivity index (χ1n) is 7.99. The summed E-state index contributed by atoms with van der Waals surface area (Å²) in [5, 5.41) is 2.59. The van der Waals surface area contributed by atoms with Gasteiger partial charge < -0.3 is 10.2 Å². The molecular weight excluding hydrogens is 307 g/mol. The standard InChI is InChI=1S/C19H19FN2O2/c1-13-8-10-14(11-9-13)19(24)22-12-4-7-17(22)18(23)21-16-6-3-2-5-15(16)20/h2-3,5-6,8-11,17H,4,7,12H2,1H3,(H,21,23). The molecule has 0 spiro atoms. The molecular formula is C19H19FN2O2. The average Bonchev–Trinajstić information content (AvgIpc) is 3.07. The monoisotopic (exact) mass is 326 g/mol. The molecule has 0 radical (unpaired) electrons. The number of hydrogen-bond acceptors (Lipinski definition) is 2. The van der Waals surface area contributed by atoms with Crippen LogP contribution in [0.3, 0.4) is 0 Å². The summed E-state index contributed by atoms with van der Waals surface area (Å²) in [5.41, 5.74) is 1.77. The smallest absolute Gasteiger partial charge is 0.254 e. The summed E-state index contributed by atoms with van der Waals surface area (Å²) >= 11 is 0. The van der Waals surface area contributed by atoms with Crippen molar-refractivity contribution in [2.75, 3.05) is 11.9 Å². The third kappa shape index (κ3) is 3.30. The second-order valence-corrected chi connectivity index (χ2v) is 5.99. The van der Waals surface area contributed by atoms with Crippen molar-refractivity contribution in [2.24, 2.45) is 0 Å². The van der Waals surface area contributed by atoms with Crippen LogP contribution in [0.5, 0.6) is 0 Å². The van der Waals surface area contributed by atoms with Gasteiger partial charge in [0, 0.05) is 12.1 Å². The molecule has 2 aromatic carbocycles. The van der Waals surface area contributed by atoms with Crippen molar-refractivity contribution in [1.29, 1.82) is 0 Å². The van der Waals surface area contributed by atoms with Crippen LogP contribution >= 0.6 is 0 Å². The highest BCUT2D eigenvalue weighted by Gasteiger charge is 2.34. The molecule has 5 heteroatoms. The predicted molar refractivity (Wildman–Crippen MR) is 90.3 cm³/mol. The Morgan fingerprint density at radius 2 is 1.83 bits per heavy atom. The van der Waals surface area contributed by atoms with Gasteiger partial charge in [-0.3, -0.25) is 9.59 Å². The molecule has 0 saturated carbocycles. The summed E-state index contributed by atoms with van der Waals surface area (Å²) < 4.78 is 13.7. The molecule has 1 unspecified atom stereocenters. The van der Waals surface area contributed by atoms with Gasteiger partial charge in [0.05, 0.1) is 5.69 Å². The molecule has 1 saturated heterocycles. The lowest BCUT2D eigenvalue weighted by Crippen LogP contribution is -2.43. The lowest BCUT2D eigenvalue weighted by Gasteiger charge is -2.24. The van der Waals surface area contributed by atoms with E-state index >= 15 is 0 Å². The molecule has 1 aliphatic rings. The third-order valence-corrected chi connectivity index (χ3v) is 4.25. The number of halogens is 1. The summed E-state index contributed by atoms with van der Waals surface area (Å²) in [7, 11) is 0. The quantitative estimate of drug-likeness (QED) is 0.940. The SMILES string of the molecule is Cc1ccc(C(=O)N2CCCC2C(=O)Nc2ccccc2F)cc1. The zero-order chi connectivity index (χ0) is 17.1. The van der Waals surface area contributed by atoms with Crippen LogP contribution in [-0.2, 0) is 4.79 Å². The van der Waals surface area contributed by atoms with E-state index in [2.05, 4.69) is 5.32 Å². The van der Waals surface area contributed by atoms with Crippen LogP contribution in [-0.4, -0.2) is 29.3 Å². The number of para-hydroxylation sites is 1.